The lowest BCUT2D eigenvalue weighted by atomic mass is 9.13. The Morgan fingerprint density at radius 3 is 0.867 bits per heavy atom. The molecule has 1 heterocycles. The minimum absolute atomic E-state index is 1.00. The van der Waals surface area contributed by atoms with Crippen molar-refractivity contribution in [2.45, 2.75) is 12.8 Å². The predicted octanol–water partition coefficient (Wildman–Crippen LogP) is 3.86. The molecule has 0 spiro atoms. The second-order valence-electron chi connectivity index (χ2n) is 7.83. The van der Waals surface area contributed by atoms with Crippen molar-refractivity contribution >= 4 is 28.0 Å². The van der Waals surface area contributed by atoms with Gasteiger partial charge >= 0.3 is 0 Å². The molecule has 1 aliphatic heterocycles. The Hall–Kier alpha value is -3.10. The van der Waals surface area contributed by atoms with Crippen molar-refractivity contribution in [3.63, 3.8) is 0 Å². The molecule has 0 aromatic heterocycles. The van der Waals surface area contributed by atoms with Crippen LogP contribution < -0.4 is 21.9 Å². The summed E-state index contributed by atoms with van der Waals surface area (Å²) in [5.74, 6) is 0. The molecular weight excluding hydrogens is 363 g/mol. The molecule has 5 rings (SSSR count). The maximum atomic E-state index is 4.94. The van der Waals surface area contributed by atoms with Gasteiger partial charge in [-0.1, -0.05) is 121 Å². The van der Waals surface area contributed by atoms with Crippen molar-refractivity contribution in [2.75, 3.05) is 13.2 Å². The van der Waals surface area contributed by atoms with Crippen molar-refractivity contribution in [1.82, 2.24) is 0 Å². The van der Waals surface area contributed by atoms with E-state index in [1.807, 2.05) is 0 Å². The van der Waals surface area contributed by atoms with Crippen LogP contribution in [0.3, 0.4) is 0 Å². The van der Waals surface area contributed by atoms with Crippen LogP contribution in [0.25, 0.3) is 0 Å². The quantitative estimate of drug-likeness (QED) is 0.480. The third kappa shape index (κ3) is 4.24. The molecule has 2 heteroatoms. The number of hydrogen-bond acceptors (Lipinski definition) is 1. The summed E-state index contributed by atoms with van der Waals surface area (Å²) in [6.45, 7) is 2.00. The molecule has 0 atom stereocenters. The molecule has 0 unspecified atom stereocenters. The van der Waals surface area contributed by atoms with Gasteiger partial charge in [-0.3, -0.25) is 0 Å². The van der Waals surface area contributed by atoms with Crippen molar-refractivity contribution in [2.24, 2.45) is 0 Å². The highest BCUT2D eigenvalue weighted by atomic mass is 16.5. The first-order chi connectivity index (χ1) is 14.9. The smallest absolute Gasteiger partial charge is 0.108 e. The van der Waals surface area contributed by atoms with Crippen LogP contribution in [0.4, 0.5) is 0 Å². The van der Waals surface area contributed by atoms with E-state index in [1.54, 1.807) is 0 Å². The van der Waals surface area contributed by atoms with Gasteiger partial charge in [-0.05, 0) is 12.8 Å². The first kappa shape index (κ1) is 20.2. The Balaban J connectivity index is 0.000000383. The number of rotatable bonds is 4. The third-order valence-corrected chi connectivity index (χ3v) is 6.03. The van der Waals surface area contributed by atoms with Gasteiger partial charge in [0.15, 0.2) is 0 Å². The zero-order chi connectivity index (χ0) is 20.5. The lowest BCUT2D eigenvalue weighted by Crippen LogP contribution is -2.74. The van der Waals surface area contributed by atoms with Gasteiger partial charge in [-0.2, -0.15) is 21.9 Å². The lowest BCUT2D eigenvalue weighted by molar-refractivity contribution is 0.198. The van der Waals surface area contributed by atoms with E-state index in [2.05, 4.69) is 121 Å². The normalized spacial score (nSPS) is 13.3. The highest BCUT2D eigenvalue weighted by Crippen LogP contribution is 2.09. The molecule has 1 aliphatic rings. The van der Waals surface area contributed by atoms with Crippen molar-refractivity contribution < 1.29 is 4.74 Å². The van der Waals surface area contributed by atoms with E-state index in [-0.39, 0.29) is 0 Å². The summed E-state index contributed by atoms with van der Waals surface area (Å²) < 4.78 is 4.94. The zero-order valence-corrected chi connectivity index (χ0v) is 17.4. The molecule has 0 bridgehead atoms. The second kappa shape index (κ2) is 10.1. The van der Waals surface area contributed by atoms with Crippen LogP contribution in [-0.2, 0) is 4.74 Å². The van der Waals surface area contributed by atoms with Crippen molar-refractivity contribution in [3.05, 3.63) is 121 Å². The van der Waals surface area contributed by atoms with E-state index >= 15 is 0 Å². The first-order valence-corrected chi connectivity index (χ1v) is 10.9. The minimum Gasteiger partial charge on any atom is -0.381 e. The average Bonchev–Trinajstić information content (AvgIpc) is 3.43. The molecule has 4 aromatic carbocycles. The molecule has 0 N–H and O–H groups in total. The third-order valence-electron chi connectivity index (χ3n) is 6.03. The molecule has 1 saturated heterocycles. The fraction of sp³-hybridized carbons (Fsp3) is 0.143. The highest BCUT2D eigenvalue weighted by Gasteiger charge is 2.30. The molecule has 0 aliphatic carbocycles. The van der Waals surface area contributed by atoms with E-state index < -0.39 is 6.15 Å². The number of benzene rings is 4. The molecule has 4 aromatic rings. The van der Waals surface area contributed by atoms with Crippen molar-refractivity contribution in [1.29, 1.82) is 0 Å². The summed E-state index contributed by atoms with van der Waals surface area (Å²) in [7, 11) is 0. The fourth-order valence-electron chi connectivity index (χ4n) is 4.63. The predicted molar refractivity (Wildman–Crippen MR) is 130 cm³/mol. The fourth-order valence-corrected chi connectivity index (χ4v) is 4.63. The van der Waals surface area contributed by atoms with E-state index in [9.17, 15) is 0 Å². The molecule has 1 nitrogen and oxygen atoms in total. The lowest BCUT2D eigenvalue weighted by Gasteiger charge is -2.44. The Morgan fingerprint density at radius 1 is 0.400 bits per heavy atom. The highest BCUT2D eigenvalue weighted by molar-refractivity contribution is 7.19. The van der Waals surface area contributed by atoms with Crippen LogP contribution in [0.5, 0.6) is 0 Å². The topological polar surface area (TPSA) is 9.23 Å². The summed E-state index contributed by atoms with van der Waals surface area (Å²) in [6, 6.07) is 43.5. The molecule has 30 heavy (non-hydrogen) atoms. The number of hydrogen-bond donors (Lipinski definition) is 0. The van der Waals surface area contributed by atoms with E-state index in [4.69, 9.17) is 4.74 Å². The Morgan fingerprint density at radius 2 is 0.667 bits per heavy atom. The summed E-state index contributed by atoms with van der Waals surface area (Å²) >= 11 is 0. The summed E-state index contributed by atoms with van der Waals surface area (Å²) in [5, 5.41) is 0. The molecular formula is C28H28BO-. The van der Waals surface area contributed by atoms with Gasteiger partial charge in [-0.15, -0.1) is 0 Å². The summed E-state index contributed by atoms with van der Waals surface area (Å²) in [5.41, 5.74) is 5.36. The van der Waals surface area contributed by atoms with Crippen LogP contribution in [0.15, 0.2) is 121 Å². The Kier molecular flexibility index (Phi) is 6.79. The molecule has 0 radical (unpaired) electrons. The monoisotopic (exact) mass is 391 g/mol. The zero-order valence-electron chi connectivity index (χ0n) is 17.4. The number of ether oxygens (including phenoxy) is 1. The van der Waals surface area contributed by atoms with Crippen LogP contribution in [0, 0.1) is 0 Å². The van der Waals surface area contributed by atoms with Crippen molar-refractivity contribution in [3.8, 4) is 0 Å². The average molecular weight is 391 g/mol. The summed E-state index contributed by atoms with van der Waals surface area (Å²) in [6.07, 6.45) is 1.34. The van der Waals surface area contributed by atoms with Gasteiger partial charge < -0.3 is 4.74 Å². The van der Waals surface area contributed by atoms with E-state index in [1.165, 1.54) is 34.7 Å². The Labute approximate surface area is 180 Å². The maximum absolute atomic E-state index is 4.94. The maximum Gasteiger partial charge on any atom is 0.108 e. The van der Waals surface area contributed by atoms with E-state index in [0.29, 0.717) is 0 Å². The van der Waals surface area contributed by atoms with Gasteiger partial charge in [0.25, 0.3) is 0 Å². The molecule has 0 amide bonds. The van der Waals surface area contributed by atoms with Crippen LogP contribution in [0.1, 0.15) is 12.8 Å². The Bertz CT molecular complexity index is 826. The van der Waals surface area contributed by atoms with Crippen LogP contribution in [-0.4, -0.2) is 19.4 Å². The first-order valence-electron chi connectivity index (χ1n) is 10.9. The van der Waals surface area contributed by atoms with E-state index in [0.717, 1.165) is 13.2 Å². The largest absolute Gasteiger partial charge is 0.381 e. The van der Waals surface area contributed by atoms with Gasteiger partial charge in [0.05, 0.1) is 0 Å². The molecule has 150 valence electrons. The molecule has 0 saturated carbocycles. The van der Waals surface area contributed by atoms with Gasteiger partial charge in [0.1, 0.15) is 6.15 Å². The molecule has 1 fully saturated rings. The van der Waals surface area contributed by atoms with Gasteiger partial charge in [-0.25, -0.2) is 0 Å². The minimum atomic E-state index is -1.22. The standard InChI is InChI=1S/C24H20B.C4H8O/c1-5-13-21(14-6-1)25(22-15-7-2-8-16-22,23-17-9-3-10-18-23)24-19-11-4-12-20-24;1-2-4-5-3-1/h1-20H;1-4H2/q-1;. The van der Waals surface area contributed by atoms with Gasteiger partial charge in [0, 0.05) is 13.2 Å². The SMILES string of the molecule is C1CCOC1.c1ccc([B-](c2ccccc2)(c2ccccc2)c2ccccc2)cc1. The summed E-state index contributed by atoms with van der Waals surface area (Å²) in [4.78, 5) is 0. The van der Waals surface area contributed by atoms with Gasteiger partial charge in [0.2, 0.25) is 0 Å². The van der Waals surface area contributed by atoms with Crippen LogP contribution >= 0.6 is 0 Å². The van der Waals surface area contributed by atoms with Crippen LogP contribution in [0.2, 0.25) is 0 Å². The second-order valence-corrected chi connectivity index (χ2v) is 7.83.